The van der Waals surface area contributed by atoms with E-state index >= 15 is 0 Å². The van der Waals surface area contributed by atoms with Crippen LogP contribution >= 0.6 is 0 Å². The highest BCUT2D eigenvalue weighted by molar-refractivity contribution is 5.28. The van der Waals surface area contributed by atoms with E-state index in [0.717, 1.165) is 11.8 Å². The van der Waals surface area contributed by atoms with E-state index in [1.54, 1.807) is 39.0 Å². The molecular weight excluding hydrogens is 985 g/mol. The molecule has 0 amide bonds. The first-order valence-corrected chi connectivity index (χ1v) is 34.1. The summed E-state index contributed by atoms with van der Waals surface area (Å²) >= 11 is 0. The standard InChI is InChI=1S/C28H50.2C27H46/c1-20(14-13-17-27(7,8)9)25(6)28(10,11)23(4)15-12-16-26-18-21(2)24(5)22(3)19-26;2*1-19(13-11-15-26-17-21(3)23(5)22(4)18-26)24(6)25(7)20(2)14-12-16-27(8,9)10/h12,15-16,20-23,25H,5,13-14,17-19H2,1-4,6-11H3;2*11,13,15,19-22H,5,12,14,16-18H2,1-4,6-10H3/b15-12+;13-11+,25-24+;13-11+,25-24-/t20-,21+,22+,23?,25?;2*19?,20-,21+,22+/m000/s1. The molecule has 0 nitrogen and oxygen atoms in total. The molecule has 0 N–H and O–H groups in total. The zero-order valence-corrected chi connectivity index (χ0v) is 60.4. The number of hydrogen-bond donors (Lipinski definition) is 0. The summed E-state index contributed by atoms with van der Waals surface area (Å²) in [5.41, 5.74) is 17.0. The Balaban J connectivity index is 0.000000615. The molecule has 3 aliphatic carbocycles. The van der Waals surface area contributed by atoms with Gasteiger partial charge in [0.05, 0.1) is 0 Å². The van der Waals surface area contributed by atoms with Crippen LogP contribution in [0.3, 0.4) is 0 Å². The predicted molar refractivity (Wildman–Crippen MR) is 376 cm³/mol. The van der Waals surface area contributed by atoms with Crippen molar-refractivity contribution in [2.45, 2.75) is 290 Å². The molecule has 0 heterocycles. The number of hydrogen-bond acceptors (Lipinski definition) is 0. The lowest BCUT2D eigenvalue weighted by Crippen LogP contribution is -2.32. The van der Waals surface area contributed by atoms with E-state index in [1.165, 1.54) is 113 Å². The van der Waals surface area contributed by atoms with Crippen LogP contribution in [0.5, 0.6) is 0 Å². The Bertz CT molecular complexity index is 2050. The van der Waals surface area contributed by atoms with Crippen molar-refractivity contribution in [1.82, 2.24) is 0 Å². The molecule has 0 aromatic carbocycles. The van der Waals surface area contributed by atoms with Crippen molar-refractivity contribution in [3.05, 3.63) is 130 Å². The summed E-state index contributed by atoms with van der Waals surface area (Å²) in [4.78, 5) is 0. The monoisotopic (exact) mass is 1130 g/mol. The zero-order valence-electron chi connectivity index (χ0n) is 60.4. The molecule has 0 heteroatoms. The highest BCUT2D eigenvalue weighted by Crippen LogP contribution is 2.43. The number of rotatable bonds is 22. The maximum absolute atomic E-state index is 4.28. The molecule has 3 aliphatic rings. The third-order valence-electron chi connectivity index (χ3n) is 21.4. The Kier molecular flexibility index (Phi) is 33.6. The van der Waals surface area contributed by atoms with Crippen LogP contribution in [0.1, 0.15) is 290 Å². The van der Waals surface area contributed by atoms with Crippen molar-refractivity contribution in [3.8, 4) is 0 Å². The molecule has 3 fully saturated rings. The highest BCUT2D eigenvalue weighted by atomic mass is 14.4. The minimum Gasteiger partial charge on any atom is -0.0993 e. The van der Waals surface area contributed by atoms with E-state index in [0.29, 0.717) is 86.8 Å². The molecule has 3 saturated carbocycles. The first-order valence-electron chi connectivity index (χ1n) is 34.1. The summed E-state index contributed by atoms with van der Waals surface area (Å²) < 4.78 is 0. The molecule has 0 aromatic rings. The Morgan fingerprint density at radius 3 is 0.927 bits per heavy atom. The second-order valence-electron chi connectivity index (χ2n) is 32.8. The van der Waals surface area contributed by atoms with E-state index < -0.39 is 0 Å². The third kappa shape index (κ3) is 29.0. The van der Waals surface area contributed by atoms with E-state index in [2.05, 4.69) is 268 Å². The first-order chi connectivity index (χ1) is 37.6. The third-order valence-corrected chi connectivity index (χ3v) is 21.4. The van der Waals surface area contributed by atoms with Gasteiger partial charge in [0.1, 0.15) is 0 Å². The van der Waals surface area contributed by atoms with Gasteiger partial charge in [-0.2, -0.15) is 0 Å². The average Bonchev–Trinajstić information content (AvgIpc) is 3.49. The van der Waals surface area contributed by atoms with Crippen molar-refractivity contribution in [2.75, 3.05) is 0 Å². The van der Waals surface area contributed by atoms with Crippen LogP contribution in [0.4, 0.5) is 0 Å². The molecule has 82 heavy (non-hydrogen) atoms. The first kappa shape index (κ1) is 77.2. The minimum absolute atomic E-state index is 0.317. The Hall–Kier alpha value is -2.86. The van der Waals surface area contributed by atoms with Crippen molar-refractivity contribution in [1.29, 1.82) is 0 Å². The summed E-state index contributed by atoms with van der Waals surface area (Å²) in [5.74, 6) is 8.26. The fraction of sp³-hybridized carbons (Fsp3) is 0.732. The summed E-state index contributed by atoms with van der Waals surface area (Å²) in [6.45, 7) is 78.9. The molecule has 470 valence electrons. The van der Waals surface area contributed by atoms with E-state index in [4.69, 9.17) is 0 Å². The fourth-order valence-electron chi connectivity index (χ4n) is 13.0. The molecule has 0 aromatic heterocycles. The normalized spacial score (nSPS) is 24.9. The van der Waals surface area contributed by atoms with Crippen molar-refractivity contribution in [3.63, 3.8) is 0 Å². The van der Waals surface area contributed by atoms with Gasteiger partial charge >= 0.3 is 0 Å². The van der Waals surface area contributed by atoms with Crippen LogP contribution < -0.4 is 0 Å². The van der Waals surface area contributed by atoms with Crippen LogP contribution in [0.25, 0.3) is 0 Å². The second-order valence-corrected chi connectivity index (χ2v) is 32.8. The number of allylic oxidation sites excluding steroid dienone is 19. The Labute approximate surface area is 516 Å². The van der Waals surface area contributed by atoms with Crippen molar-refractivity contribution in [2.24, 2.45) is 98.6 Å². The van der Waals surface area contributed by atoms with Crippen LogP contribution in [0, 0.1) is 98.6 Å². The van der Waals surface area contributed by atoms with Gasteiger partial charge in [-0.3, -0.25) is 0 Å². The zero-order chi connectivity index (χ0) is 63.2. The SMILES string of the molecule is C=C1[C@H](C)CC(=C/C=C/C(C)/C(C)=C(/C)[C@@H](C)CCCC(C)(C)C)C[C@H]1C.C=C1[C@H](C)CC(=C/C=C/C(C)/C(C)=C(\C)[C@@H](C)CCCC(C)(C)C)C[C@H]1C.C=C1[C@H](C)CC(=C/C=C/C(C)C(C)(C)C(C)[C@@H](C)CCCC(C)(C)C)C[C@H]1C. The molecule has 0 aliphatic heterocycles. The van der Waals surface area contributed by atoms with Crippen molar-refractivity contribution < 1.29 is 0 Å². The van der Waals surface area contributed by atoms with Gasteiger partial charge in [0, 0.05) is 0 Å². The molecular formula is C82H142. The van der Waals surface area contributed by atoms with Gasteiger partial charge in [0.15, 0.2) is 0 Å². The average molecular weight is 1130 g/mol. The van der Waals surface area contributed by atoms with Gasteiger partial charge in [-0.25, -0.2) is 0 Å². The van der Waals surface area contributed by atoms with E-state index in [-0.39, 0.29) is 0 Å². The molecule has 0 radical (unpaired) electrons. The lowest BCUT2D eigenvalue weighted by molar-refractivity contribution is 0.112. The molecule has 3 rings (SSSR count). The van der Waals surface area contributed by atoms with Crippen LogP contribution in [0.2, 0.25) is 0 Å². The summed E-state index contributed by atoms with van der Waals surface area (Å²) in [5, 5.41) is 0. The van der Waals surface area contributed by atoms with Gasteiger partial charge in [0.25, 0.3) is 0 Å². The van der Waals surface area contributed by atoms with Crippen LogP contribution in [-0.4, -0.2) is 0 Å². The van der Waals surface area contributed by atoms with E-state index in [1.807, 2.05) is 0 Å². The topological polar surface area (TPSA) is 0 Å². The quantitative estimate of drug-likeness (QED) is 0.0948. The minimum atomic E-state index is 0.317. The fourth-order valence-corrected chi connectivity index (χ4v) is 13.0. The Morgan fingerprint density at radius 2 is 0.659 bits per heavy atom. The van der Waals surface area contributed by atoms with Crippen LogP contribution in [0.15, 0.2) is 130 Å². The second kappa shape index (κ2) is 35.7. The maximum Gasteiger partial charge on any atom is -0.00486 e. The Morgan fingerprint density at radius 1 is 0.402 bits per heavy atom. The molecule has 0 bridgehead atoms. The van der Waals surface area contributed by atoms with Crippen LogP contribution in [-0.2, 0) is 0 Å². The van der Waals surface area contributed by atoms with Gasteiger partial charge in [-0.05, 0) is 197 Å². The predicted octanol–water partition coefficient (Wildman–Crippen LogP) is 27.1. The van der Waals surface area contributed by atoms with E-state index in [9.17, 15) is 0 Å². The summed E-state index contributed by atoms with van der Waals surface area (Å²) in [6.07, 6.45) is 40.3. The van der Waals surface area contributed by atoms with Gasteiger partial charge in [-0.1, -0.05) is 322 Å². The van der Waals surface area contributed by atoms with Crippen molar-refractivity contribution >= 4 is 0 Å². The molecule has 13 atom stereocenters. The lowest BCUT2D eigenvalue weighted by atomic mass is 9.65. The summed E-state index contributed by atoms with van der Waals surface area (Å²) in [6, 6.07) is 0. The molecule has 4 unspecified atom stereocenters. The largest absolute Gasteiger partial charge is 0.0993 e. The van der Waals surface area contributed by atoms with Gasteiger partial charge in [-0.15, -0.1) is 0 Å². The smallest absolute Gasteiger partial charge is 0.00486 e. The maximum atomic E-state index is 4.28. The van der Waals surface area contributed by atoms with Gasteiger partial charge in [0.2, 0.25) is 0 Å². The molecule has 0 saturated heterocycles. The molecule has 0 spiro atoms. The highest BCUT2D eigenvalue weighted by Gasteiger charge is 2.34. The van der Waals surface area contributed by atoms with Gasteiger partial charge < -0.3 is 0 Å². The summed E-state index contributed by atoms with van der Waals surface area (Å²) in [7, 11) is 0. The lowest BCUT2D eigenvalue weighted by Gasteiger charge is -2.40.